The van der Waals surface area contributed by atoms with E-state index in [0.717, 1.165) is 50.0 Å². The molecule has 244 valence electrons. The molecular weight excluding hydrogens is 554 g/mol. The third kappa shape index (κ3) is 8.81. The van der Waals surface area contributed by atoms with Crippen molar-refractivity contribution in [2.24, 2.45) is 0 Å². The van der Waals surface area contributed by atoms with Crippen molar-refractivity contribution in [1.29, 1.82) is 0 Å². The number of Topliss-reactive ketones (excluding diaryl/α,β-unsaturated/α-hetero) is 1. The summed E-state index contributed by atoms with van der Waals surface area (Å²) in [5.41, 5.74) is 5.00. The Kier molecular flexibility index (Phi) is 11.5. The van der Waals surface area contributed by atoms with Gasteiger partial charge in [0.25, 0.3) is 0 Å². The number of fused-ring (bicyclic) bond motifs is 1. The molecule has 2 aliphatic rings. The summed E-state index contributed by atoms with van der Waals surface area (Å²) in [6, 6.07) is 23.2. The molecule has 0 N–H and O–H groups in total. The van der Waals surface area contributed by atoms with Crippen molar-refractivity contribution in [3.8, 4) is 0 Å². The lowest BCUT2D eigenvalue weighted by Crippen LogP contribution is -2.60. The number of benzene rings is 3. The molecule has 5 rings (SSSR count). The molecule has 1 unspecified atom stereocenters. The van der Waals surface area contributed by atoms with Crippen molar-refractivity contribution in [1.82, 2.24) is 24.5 Å². The summed E-state index contributed by atoms with van der Waals surface area (Å²) in [5, 5.41) is 2.32. The van der Waals surface area contributed by atoms with Crippen molar-refractivity contribution >= 4 is 16.6 Å². The van der Waals surface area contributed by atoms with Crippen LogP contribution >= 0.6 is 0 Å². The fourth-order valence-corrected chi connectivity index (χ4v) is 7.57. The number of likely N-dealkylation sites (tertiary alicyclic amines) is 1. The highest BCUT2D eigenvalue weighted by Gasteiger charge is 2.34. The highest BCUT2D eigenvalue weighted by Crippen LogP contribution is 2.24. The largest absolute Gasteiger partial charge is 0.305 e. The molecule has 45 heavy (non-hydrogen) atoms. The van der Waals surface area contributed by atoms with Gasteiger partial charge in [0.15, 0.2) is 5.78 Å². The van der Waals surface area contributed by atoms with Crippen LogP contribution in [0.25, 0.3) is 10.8 Å². The topological polar surface area (TPSA) is 33.3 Å². The third-order valence-electron chi connectivity index (χ3n) is 10.7. The highest BCUT2D eigenvalue weighted by molar-refractivity contribution is 6.01. The van der Waals surface area contributed by atoms with Crippen LogP contribution in [0.15, 0.2) is 60.7 Å². The lowest BCUT2D eigenvalue weighted by molar-refractivity contribution is 0.0169. The second kappa shape index (κ2) is 15.3. The number of piperazine rings is 1. The number of likely N-dealkylation sites (N-methyl/N-ethyl adjacent to an activating group) is 3. The molecule has 3 aromatic rings. The van der Waals surface area contributed by atoms with Gasteiger partial charge in [-0.1, -0.05) is 60.2 Å². The van der Waals surface area contributed by atoms with Gasteiger partial charge in [-0.2, -0.15) is 0 Å². The molecule has 0 amide bonds. The summed E-state index contributed by atoms with van der Waals surface area (Å²) in [6.45, 7) is 13.7. The lowest BCUT2D eigenvalue weighted by Gasteiger charge is -2.47. The SMILES string of the molecule is Cc1ccc(C[C@H](CN2C[C@@H](C)N(CC(=O)c3ccc4ccccc4c3)C[C@@H]2CCCN(C)C2CCN(C)C2)N(C)C)c(C)c1. The minimum absolute atomic E-state index is 0.228. The molecule has 0 saturated carbocycles. The Morgan fingerprint density at radius 3 is 2.42 bits per heavy atom. The van der Waals surface area contributed by atoms with Crippen LogP contribution in [0.5, 0.6) is 0 Å². The van der Waals surface area contributed by atoms with Gasteiger partial charge in [-0.25, -0.2) is 0 Å². The van der Waals surface area contributed by atoms with Gasteiger partial charge < -0.3 is 14.7 Å². The molecule has 4 atom stereocenters. The first-order chi connectivity index (χ1) is 21.6. The molecule has 6 heteroatoms. The van der Waals surface area contributed by atoms with Gasteiger partial charge in [0.05, 0.1) is 6.54 Å². The number of aryl methyl sites for hydroxylation is 2. The van der Waals surface area contributed by atoms with Gasteiger partial charge >= 0.3 is 0 Å². The van der Waals surface area contributed by atoms with E-state index in [2.05, 4.69) is 122 Å². The summed E-state index contributed by atoms with van der Waals surface area (Å²) in [5.74, 6) is 0.228. The van der Waals surface area contributed by atoms with Gasteiger partial charge in [0.2, 0.25) is 0 Å². The van der Waals surface area contributed by atoms with Crippen LogP contribution in [-0.4, -0.2) is 128 Å². The molecule has 2 fully saturated rings. The zero-order valence-corrected chi connectivity index (χ0v) is 29.0. The maximum Gasteiger partial charge on any atom is 0.176 e. The summed E-state index contributed by atoms with van der Waals surface area (Å²) in [4.78, 5) is 26.3. The zero-order valence-electron chi connectivity index (χ0n) is 29.0. The minimum atomic E-state index is 0.228. The first kappa shape index (κ1) is 33.7. The molecule has 0 aliphatic carbocycles. The Morgan fingerprint density at radius 1 is 0.933 bits per heavy atom. The number of carbonyl (C=O) groups is 1. The quantitative estimate of drug-likeness (QED) is 0.234. The lowest BCUT2D eigenvalue weighted by atomic mass is 9.96. The van der Waals surface area contributed by atoms with E-state index < -0.39 is 0 Å². The van der Waals surface area contributed by atoms with E-state index in [-0.39, 0.29) is 5.78 Å². The van der Waals surface area contributed by atoms with Crippen LogP contribution in [0.3, 0.4) is 0 Å². The maximum absolute atomic E-state index is 13.6. The summed E-state index contributed by atoms with van der Waals surface area (Å²) < 4.78 is 0. The van der Waals surface area contributed by atoms with Crippen LogP contribution in [0.4, 0.5) is 0 Å². The molecule has 6 nitrogen and oxygen atoms in total. The number of nitrogens with zero attached hydrogens (tertiary/aromatic N) is 5. The summed E-state index contributed by atoms with van der Waals surface area (Å²) in [7, 11) is 9.02. The average molecular weight is 612 g/mol. The molecule has 2 aliphatic heterocycles. The van der Waals surface area contributed by atoms with Crippen LogP contribution in [0.1, 0.15) is 53.2 Å². The predicted octanol–water partition coefficient (Wildman–Crippen LogP) is 5.60. The minimum Gasteiger partial charge on any atom is -0.305 e. The fraction of sp³-hybridized carbons (Fsp3) is 0.564. The van der Waals surface area contributed by atoms with Crippen molar-refractivity contribution in [3.63, 3.8) is 0 Å². The Labute approximate surface area is 273 Å². The van der Waals surface area contributed by atoms with Crippen LogP contribution in [-0.2, 0) is 6.42 Å². The maximum atomic E-state index is 13.6. The van der Waals surface area contributed by atoms with Gasteiger partial charge in [0.1, 0.15) is 0 Å². The normalized spacial score (nSPS) is 22.6. The summed E-state index contributed by atoms with van der Waals surface area (Å²) in [6.07, 6.45) is 4.67. The summed E-state index contributed by atoms with van der Waals surface area (Å²) >= 11 is 0. The predicted molar refractivity (Wildman–Crippen MR) is 190 cm³/mol. The highest BCUT2D eigenvalue weighted by atomic mass is 16.1. The van der Waals surface area contributed by atoms with E-state index >= 15 is 0 Å². The van der Waals surface area contributed by atoms with Crippen molar-refractivity contribution < 1.29 is 4.79 Å². The fourth-order valence-electron chi connectivity index (χ4n) is 7.57. The third-order valence-corrected chi connectivity index (χ3v) is 10.7. The Bertz CT molecular complexity index is 1420. The molecule has 0 bridgehead atoms. The molecule has 2 heterocycles. The molecule has 0 radical (unpaired) electrons. The Hall–Kier alpha value is -2.61. The number of hydrogen-bond donors (Lipinski definition) is 0. The molecule has 2 saturated heterocycles. The Morgan fingerprint density at radius 2 is 1.71 bits per heavy atom. The van der Waals surface area contributed by atoms with E-state index in [9.17, 15) is 4.79 Å². The van der Waals surface area contributed by atoms with E-state index in [4.69, 9.17) is 0 Å². The van der Waals surface area contributed by atoms with Crippen LogP contribution in [0.2, 0.25) is 0 Å². The van der Waals surface area contributed by atoms with E-state index in [1.165, 1.54) is 48.0 Å². The van der Waals surface area contributed by atoms with Crippen molar-refractivity contribution in [3.05, 3.63) is 82.9 Å². The molecule has 0 aromatic heterocycles. The Balaban J connectivity index is 1.28. The first-order valence-electron chi connectivity index (χ1n) is 17.2. The van der Waals surface area contributed by atoms with Crippen LogP contribution in [0, 0.1) is 13.8 Å². The van der Waals surface area contributed by atoms with Gasteiger partial charge in [-0.05, 0) is 116 Å². The average Bonchev–Trinajstić information content (AvgIpc) is 3.45. The molecule has 0 spiro atoms. The smallest absolute Gasteiger partial charge is 0.176 e. The molecule has 3 aromatic carbocycles. The van der Waals surface area contributed by atoms with E-state index in [0.29, 0.717) is 30.7 Å². The number of rotatable bonds is 13. The first-order valence-corrected chi connectivity index (χ1v) is 17.2. The van der Waals surface area contributed by atoms with E-state index in [1.54, 1.807) is 0 Å². The van der Waals surface area contributed by atoms with Crippen LogP contribution < -0.4 is 0 Å². The van der Waals surface area contributed by atoms with Crippen molar-refractivity contribution in [2.45, 2.75) is 70.6 Å². The second-order valence-corrected chi connectivity index (χ2v) is 14.5. The monoisotopic (exact) mass is 611 g/mol. The number of carbonyl (C=O) groups excluding carboxylic acids is 1. The van der Waals surface area contributed by atoms with Crippen molar-refractivity contribution in [2.75, 3.05) is 74.0 Å². The zero-order chi connectivity index (χ0) is 32.1. The van der Waals surface area contributed by atoms with Gasteiger partial charge in [0, 0.05) is 55.9 Å². The second-order valence-electron chi connectivity index (χ2n) is 14.5. The molecular formula is C39H57N5O. The standard InChI is InChI=1S/C39H57N5O/c1-29-14-15-33(30(2)21-29)23-38(40(4)5)27-44-24-31(3)43(26-37(44)13-10-19-42(7)36-18-20-41(6)25-36)28-39(45)35-17-16-32-11-8-9-12-34(32)22-35/h8-9,11-12,14-17,21-22,31,36-38H,10,13,18-20,23-28H2,1-7H3/t31-,36?,37+,38-/m1/s1. The number of hydrogen-bond acceptors (Lipinski definition) is 6. The number of ketones is 1. The van der Waals surface area contributed by atoms with Gasteiger partial charge in [-0.15, -0.1) is 0 Å². The van der Waals surface area contributed by atoms with E-state index in [1.807, 2.05) is 12.1 Å². The van der Waals surface area contributed by atoms with Gasteiger partial charge in [-0.3, -0.25) is 14.6 Å².